The largest absolute Gasteiger partial charge is 0.417 e. The first-order valence-electron chi connectivity index (χ1n) is 5.29. The predicted molar refractivity (Wildman–Crippen MR) is 58.7 cm³/mol. The van der Waals surface area contributed by atoms with Crippen molar-refractivity contribution in [2.45, 2.75) is 19.3 Å². The zero-order chi connectivity index (χ0) is 14.4. The highest BCUT2D eigenvalue weighted by molar-refractivity contribution is 5.88. The molecule has 0 atom stereocenters. The second-order valence-electron chi connectivity index (χ2n) is 4.14. The Balaban J connectivity index is 2.93. The average Bonchev–Trinajstić information content (AvgIpc) is 2.26. The molecule has 0 fully saturated rings. The molecule has 0 aliphatic carbocycles. The minimum atomic E-state index is -5.04. The molecule has 0 nitrogen and oxygen atoms in total. The van der Waals surface area contributed by atoms with E-state index in [0.717, 1.165) is 6.92 Å². The zero-order valence-corrected chi connectivity index (χ0v) is 9.65. The van der Waals surface area contributed by atoms with Gasteiger partial charge in [0.05, 0.1) is 11.1 Å². The van der Waals surface area contributed by atoms with E-state index in [0.29, 0.717) is 6.07 Å². The van der Waals surface area contributed by atoms with Gasteiger partial charge in [-0.25, -0.2) is 0 Å². The maximum atomic E-state index is 12.9. The Labute approximate surface area is 104 Å². The van der Waals surface area contributed by atoms with Gasteiger partial charge in [-0.1, -0.05) is 24.3 Å². The number of benzene rings is 2. The highest BCUT2D eigenvalue weighted by Gasteiger charge is 2.44. The van der Waals surface area contributed by atoms with Crippen molar-refractivity contribution in [3.05, 3.63) is 47.0 Å². The van der Waals surface area contributed by atoms with Gasteiger partial charge in [-0.05, 0) is 29.3 Å². The number of aryl methyl sites for hydroxylation is 1. The number of hydrogen-bond donors (Lipinski definition) is 0. The molecule has 102 valence electrons. The van der Waals surface area contributed by atoms with E-state index in [1.165, 1.54) is 24.3 Å². The Morgan fingerprint density at radius 2 is 1.42 bits per heavy atom. The van der Waals surface area contributed by atoms with Crippen LogP contribution in [0.5, 0.6) is 0 Å². The smallest absolute Gasteiger partial charge is 0.166 e. The Kier molecular flexibility index (Phi) is 2.99. The second-order valence-corrected chi connectivity index (χ2v) is 4.14. The molecule has 0 heterocycles. The van der Waals surface area contributed by atoms with Crippen molar-refractivity contribution in [1.29, 1.82) is 0 Å². The SMILES string of the molecule is Cc1c(C(F)(F)F)c(C(F)(F)F)cc2ccccc12. The van der Waals surface area contributed by atoms with Gasteiger partial charge in [-0.15, -0.1) is 0 Å². The molecule has 0 radical (unpaired) electrons. The third-order valence-corrected chi connectivity index (χ3v) is 2.90. The average molecular weight is 278 g/mol. The maximum absolute atomic E-state index is 12.9. The van der Waals surface area contributed by atoms with Crippen LogP contribution in [0.2, 0.25) is 0 Å². The van der Waals surface area contributed by atoms with Crippen LogP contribution in [-0.2, 0) is 12.4 Å². The molecule has 0 N–H and O–H groups in total. The van der Waals surface area contributed by atoms with Gasteiger partial charge in [0.25, 0.3) is 0 Å². The van der Waals surface area contributed by atoms with Gasteiger partial charge in [-0.2, -0.15) is 26.3 Å². The Bertz CT molecular complexity index is 621. The Hall–Kier alpha value is -1.72. The number of alkyl halides is 6. The quantitative estimate of drug-likeness (QED) is 0.582. The van der Waals surface area contributed by atoms with Crippen LogP contribution in [0.1, 0.15) is 16.7 Å². The van der Waals surface area contributed by atoms with Gasteiger partial charge < -0.3 is 0 Å². The molecular formula is C13H8F6. The molecule has 2 rings (SSSR count). The number of hydrogen-bond acceptors (Lipinski definition) is 0. The van der Waals surface area contributed by atoms with Crippen molar-refractivity contribution < 1.29 is 26.3 Å². The van der Waals surface area contributed by atoms with Gasteiger partial charge in [-0.3, -0.25) is 0 Å². The lowest BCUT2D eigenvalue weighted by Gasteiger charge is -2.19. The van der Waals surface area contributed by atoms with E-state index in [1.54, 1.807) is 0 Å². The third kappa shape index (κ3) is 2.39. The lowest BCUT2D eigenvalue weighted by atomic mass is 9.94. The molecule has 0 spiro atoms. The van der Waals surface area contributed by atoms with Crippen molar-refractivity contribution in [3.8, 4) is 0 Å². The fourth-order valence-corrected chi connectivity index (χ4v) is 2.12. The molecule has 0 saturated carbocycles. The summed E-state index contributed by atoms with van der Waals surface area (Å²) in [5.41, 5.74) is -3.66. The third-order valence-electron chi connectivity index (χ3n) is 2.90. The van der Waals surface area contributed by atoms with Crippen molar-refractivity contribution in [3.63, 3.8) is 0 Å². The van der Waals surface area contributed by atoms with E-state index >= 15 is 0 Å². The van der Waals surface area contributed by atoms with Crippen molar-refractivity contribution >= 4 is 10.8 Å². The molecule has 2 aromatic carbocycles. The topological polar surface area (TPSA) is 0 Å². The minimum Gasteiger partial charge on any atom is -0.166 e. The number of fused-ring (bicyclic) bond motifs is 1. The predicted octanol–water partition coefficient (Wildman–Crippen LogP) is 5.19. The molecular weight excluding hydrogens is 270 g/mol. The maximum Gasteiger partial charge on any atom is 0.417 e. The van der Waals surface area contributed by atoms with E-state index in [2.05, 4.69) is 0 Å². The summed E-state index contributed by atoms with van der Waals surface area (Å²) < 4.78 is 77.0. The normalized spacial score (nSPS) is 13.0. The summed E-state index contributed by atoms with van der Waals surface area (Å²) in [6.45, 7) is 1.06. The van der Waals surface area contributed by atoms with E-state index in [4.69, 9.17) is 0 Å². The summed E-state index contributed by atoms with van der Waals surface area (Å²) in [7, 11) is 0. The zero-order valence-electron chi connectivity index (χ0n) is 9.65. The molecule has 0 amide bonds. The van der Waals surface area contributed by atoms with Crippen molar-refractivity contribution in [2.24, 2.45) is 0 Å². The van der Waals surface area contributed by atoms with Gasteiger partial charge in [0.2, 0.25) is 0 Å². The van der Waals surface area contributed by atoms with E-state index in [9.17, 15) is 26.3 Å². The fourth-order valence-electron chi connectivity index (χ4n) is 2.12. The van der Waals surface area contributed by atoms with Gasteiger partial charge in [0, 0.05) is 0 Å². The van der Waals surface area contributed by atoms with Crippen LogP contribution < -0.4 is 0 Å². The summed E-state index contributed by atoms with van der Waals surface area (Å²) in [4.78, 5) is 0. The summed E-state index contributed by atoms with van der Waals surface area (Å²) in [5, 5.41) is 0.308. The highest BCUT2D eigenvalue weighted by Crippen LogP contribution is 2.44. The minimum absolute atomic E-state index is 0.139. The van der Waals surface area contributed by atoms with Crippen LogP contribution in [0.15, 0.2) is 30.3 Å². The molecule has 0 aliphatic heterocycles. The summed E-state index contributed by atoms with van der Waals surface area (Å²) in [6.07, 6.45) is -10.1. The molecule has 6 heteroatoms. The van der Waals surface area contributed by atoms with Gasteiger partial charge in [0.1, 0.15) is 0 Å². The van der Waals surface area contributed by atoms with Crippen LogP contribution in [-0.4, -0.2) is 0 Å². The molecule has 19 heavy (non-hydrogen) atoms. The molecule has 0 aliphatic rings. The van der Waals surface area contributed by atoms with Crippen LogP contribution in [0.3, 0.4) is 0 Å². The molecule has 0 unspecified atom stereocenters. The van der Waals surface area contributed by atoms with E-state index in [1.807, 2.05) is 0 Å². The first-order chi connectivity index (χ1) is 8.62. The van der Waals surface area contributed by atoms with Crippen LogP contribution in [0.25, 0.3) is 10.8 Å². The molecule has 0 bridgehead atoms. The molecule has 0 aromatic heterocycles. The lowest BCUT2D eigenvalue weighted by Crippen LogP contribution is -2.18. The Morgan fingerprint density at radius 3 is 1.95 bits per heavy atom. The van der Waals surface area contributed by atoms with Crippen LogP contribution in [0.4, 0.5) is 26.3 Å². The molecule has 0 saturated heterocycles. The van der Waals surface area contributed by atoms with Crippen LogP contribution in [0, 0.1) is 6.92 Å². The van der Waals surface area contributed by atoms with Gasteiger partial charge in [0.15, 0.2) is 0 Å². The first kappa shape index (κ1) is 13.7. The van der Waals surface area contributed by atoms with Crippen molar-refractivity contribution in [1.82, 2.24) is 0 Å². The number of rotatable bonds is 0. The second kappa shape index (κ2) is 4.15. The van der Waals surface area contributed by atoms with E-state index < -0.39 is 29.0 Å². The first-order valence-corrected chi connectivity index (χ1v) is 5.29. The lowest BCUT2D eigenvalue weighted by molar-refractivity contribution is -0.162. The van der Waals surface area contributed by atoms with Crippen molar-refractivity contribution in [2.75, 3.05) is 0 Å². The van der Waals surface area contributed by atoms with E-state index in [-0.39, 0.29) is 10.8 Å². The number of halogens is 6. The molecule has 2 aromatic rings. The summed E-state index contributed by atoms with van der Waals surface area (Å²) >= 11 is 0. The summed E-state index contributed by atoms with van der Waals surface area (Å²) in [6, 6.07) is 6.25. The van der Waals surface area contributed by atoms with Crippen LogP contribution >= 0.6 is 0 Å². The Morgan fingerprint density at radius 1 is 0.842 bits per heavy atom. The fraction of sp³-hybridized carbons (Fsp3) is 0.231. The standard InChI is InChI=1S/C13H8F6/c1-7-9-5-3-2-4-8(9)6-10(12(14,15)16)11(7)13(17,18)19/h2-6H,1H3. The monoisotopic (exact) mass is 278 g/mol. The van der Waals surface area contributed by atoms with Gasteiger partial charge >= 0.3 is 12.4 Å². The highest BCUT2D eigenvalue weighted by atomic mass is 19.4. The summed E-state index contributed by atoms with van der Waals surface area (Å²) in [5.74, 6) is 0.